The predicted molar refractivity (Wildman–Crippen MR) is 65.1 cm³/mol. The molecule has 0 spiro atoms. The molecule has 1 heterocycles. The molecule has 5 heteroatoms. The van der Waals surface area contributed by atoms with Gasteiger partial charge in [-0.1, -0.05) is 15.9 Å². The minimum Gasteiger partial charge on any atom is -0.397 e. The van der Waals surface area contributed by atoms with Crippen molar-refractivity contribution in [3.05, 3.63) is 24.0 Å². The lowest BCUT2D eigenvalue weighted by Gasteiger charge is -2.18. The summed E-state index contributed by atoms with van der Waals surface area (Å²) in [5.41, 5.74) is 6.66. The Balaban J connectivity index is 2.30. The highest BCUT2D eigenvalue weighted by Gasteiger charge is 2.30. The Morgan fingerprint density at radius 2 is 2.31 bits per heavy atom. The first kappa shape index (κ1) is 11.4. The summed E-state index contributed by atoms with van der Waals surface area (Å²) in [5, 5.41) is 0.768. The van der Waals surface area contributed by atoms with Gasteiger partial charge in [0.1, 0.15) is 5.82 Å². The largest absolute Gasteiger partial charge is 0.397 e. The quantitative estimate of drug-likeness (QED) is 0.669. The van der Waals surface area contributed by atoms with Crippen LogP contribution in [-0.4, -0.2) is 17.8 Å². The fraction of sp³-hybridized carbons (Fsp3) is 0.364. The first-order valence-corrected chi connectivity index (χ1v) is 6.15. The third-order valence-electron chi connectivity index (χ3n) is 2.71. The van der Waals surface area contributed by atoms with Crippen molar-refractivity contribution in [3.8, 4) is 0 Å². The number of nitrogens with zero attached hydrogens (tertiary/aromatic N) is 1. The molecule has 1 aliphatic rings. The summed E-state index contributed by atoms with van der Waals surface area (Å²) in [6.45, 7) is 0.595. The number of carbonyl (C=O) groups is 1. The Kier molecular flexibility index (Phi) is 3.14. The summed E-state index contributed by atoms with van der Waals surface area (Å²) in [6.07, 6.45) is 0.487. The first-order chi connectivity index (χ1) is 7.61. The van der Waals surface area contributed by atoms with E-state index in [1.54, 1.807) is 4.90 Å². The van der Waals surface area contributed by atoms with E-state index >= 15 is 0 Å². The molecule has 16 heavy (non-hydrogen) atoms. The van der Waals surface area contributed by atoms with E-state index in [2.05, 4.69) is 15.9 Å². The van der Waals surface area contributed by atoms with Gasteiger partial charge in [-0.25, -0.2) is 4.39 Å². The molecule has 1 unspecified atom stereocenters. The van der Waals surface area contributed by atoms with E-state index in [0.717, 1.165) is 5.33 Å². The van der Waals surface area contributed by atoms with Crippen molar-refractivity contribution in [2.24, 2.45) is 5.92 Å². The van der Waals surface area contributed by atoms with Crippen LogP contribution in [0, 0.1) is 11.7 Å². The lowest BCUT2D eigenvalue weighted by molar-refractivity contribution is -0.117. The van der Waals surface area contributed by atoms with Crippen LogP contribution in [0.15, 0.2) is 18.2 Å². The van der Waals surface area contributed by atoms with Gasteiger partial charge in [0.25, 0.3) is 0 Å². The smallest absolute Gasteiger partial charge is 0.227 e. The number of anilines is 2. The average molecular weight is 287 g/mol. The van der Waals surface area contributed by atoms with Gasteiger partial charge >= 0.3 is 0 Å². The Morgan fingerprint density at radius 3 is 2.94 bits per heavy atom. The highest BCUT2D eigenvalue weighted by atomic mass is 79.9. The second-order valence-corrected chi connectivity index (χ2v) is 4.58. The van der Waals surface area contributed by atoms with E-state index in [1.165, 1.54) is 18.2 Å². The van der Waals surface area contributed by atoms with Gasteiger partial charge in [-0.15, -0.1) is 0 Å². The van der Waals surface area contributed by atoms with E-state index in [-0.39, 0.29) is 17.6 Å². The molecular formula is C11H12BrFN2O. The summed E-state index contributed by atoms with van der Waals surface area (Å²) < 4.78 is 13.1. The molecule has 0 radical (unpaired) electrons. The molecule has 1 amide bonds. The van der Waals surface area contributed by atoms with Crippen molar-refractivity contribution in [1.29, 1.82) is 0 Å². The minimum absolute atomic E-state index is 0.00162. The van der Waals surface area contributed by atoms with Gasteiger partial charge in [0.05, 0.1) is 11.4 Å². The molecule has 0 aliphatic carbocycles. The SMILES string of the molecule is Nc1ccc(F)cc1N1CC(CBr)CC1=O. The molecule has 2 N–H and O–H groups in total. The molecule has 2 rings (SSSR count). The zero-order valence-electron chi connectivity index (χ0n) is 8.62. The second kappa shape index (κ2) is 4.41. The highest BCUT2D eigenvalue weighted by molar-refractivity contribution is 9.09. The van der Waals surface area contributed by atoms with Crippen LogP contribution in [0.4, 0.5) is 15.8 Å². The van der Waals surface area contributed by atoms with Crippen LogP contribution in [-0.2, 0) is 4.79 Å². The molecule has 3 nitrogen and oxygen atoms in total. The summed E-state index contributed by atoms with van der Waals surface area (Å²) in [4.78, 5) is 13.3. The van der Waals surface area contributed by atoms with E-state index in [4.69, 9.17) is 5.73 Å². The molecule has 1 atom stereocenters. The lowest BCUT2D eigenvalue weighted by atomic mass is 10.2. The minimum atomic E-state index is -0.376. The summed E-state index contributed by atoms with van der Waals surface area (Å²) in [6, 6.07) is 4.09. The van der Waals surface area contributed by atoms with Crippen LogP contribution < -0.4 is 10.6 Å². The number of carbonyl (C=O) groups excluding carboxylic acids is 1. The van der Waals surface area contributed by atoms with Crippen molar-refractivity contribution in [2.75, 3.05) is 22.5 Å². The maximum absolute atomic E-state index is 13.1. The highest BCUT2D eigenvalue weighted by Crippen LogP contribution is 2.30. The first-order valence-electron chi connectivity index (χ1n) is 5.03. The lowest BCUT2D eigenvalue weighted by Crippen LogP contribution is -2.25. The number of nitrogen functional groups attached to an aromatic ring is 1. The number of rotatable bonds is 2. The predicted octanol–water partition coefficient (Wildman–Crippen LogP) is 2.16. The van der Waals surface area contributed by atoms with Gasteiger partial charge in [-0.3, -0.25) is 4.79 Å². The zero-order valence-corrected chi connectivity index (χ0v) is 10.2. The van der Waals surface area contributed by atoms with E-state index in [0.29, 0.717) is 24.3 Å². The molecular weight excluding hydrogens is 275 g/mol. The number of amides is 1. The van der Waals surface area contributed by atoms with Gasteiger partial charge < -0.3 is 10.6 Å². The molecule has 1 saturated heterocycles. The summed E-state index contributed by atoms with van der Waals surface area (Å²) >= 11 is 3.35. The summed E-state index contributed by atoms with van der Waals surface area (Å²) in [7, 11) is 0. The monoisotopic (exact) mass is 286 g/mol. The van der Waals surface area contributed by atoms with Crippen LogP contribution in [0.25, 0.3) is 0 Å². The normalized spacial score (nSPS) is 20.5. The van der Waals surface area contributed by atoms with Gasteiger partial charge in [0.15, 0.2) is 0 Å². The van der Waals surface area contributed by atoms with E-state index in [9.17, 15) is 9.18 Å². The standard InChI is InChI=1S/C11H12BrFN2O/c12-5-7-3-11(16)15(6-7)10-4-8(13)1-2-9(10)14/h1-2,4,7H,3,5-6,14H2. The molecule has 1 aromatic rings. The zero-order chi connectivity index (χ0) is 11.7. The Bertz CT molecular complexity index is 424. The maximum atomic E-state index is 13.1. The fourth-order valence-corrected chi connectivity index (χ4v) is 2.30. The molecule has 1 aromatic carbocycles. The molecule has 0 aromatic heterocycles. The number of alkyl halides is 1. The van der Waals surface area contributed by atoms with E-state index < -0.39 is 0 Å². The molecule has 0 saturated carbocycles. The third-order valence-corrected chi connectivity index (χ3v) is 3.62. The Labute approximate surface area is 102 Å². The van der Waals surface area contributed by atoms with Crippen molar-refractivity contribution in [1.82, 2.24) is 0 Å². The topological polar surface area (TPSA) is 46.3 Å². The Morgan fingerprint density at radius 1 is 1.56 bits per heavy atom. The molecule has 0 bridgehead atoms. The third kappa shape index (κ3) is 2.04. The van der Waals surface area contributed by atoms with Crippen LogP contribution in [0.1, 0.15) is 6.42 Å². The average Bonchev–Trinajstić information content (AvgIpc) is 2.63. The molecule has 1 fully saturated rings. The van der Waals surface area contributed by atoms with Gasteiger partial charge in [-0.2, -0.15) is 0 Å². The number of halogens is 2. The van der Waals surface area contributed by atoms with E-state index in [1.807, 2.05) is 0 Å². The molecule has 1 aliphatic heterocycles. The van der Waals surface area contributed by atoms with Crippen molar-refractivity contribution >= 4 is 33.2 Å². The van der Waals surface area contributed by atoms with Crippen molar-refractivity contribution in [2.45, 2.75) is 6.42 Å². The number of nitrogens with two attached hydrogens (primary N) is 1. The van der Waals surface area contributed by atoms with Gasteiger partial charge in [0, 0.05) is 18.3 Å². The van der Waals surface area contributed by atoms with Crippen LogP contribution >= 0.6 is 15.9 Å². The second-order valence-electron chi connectivity index (χ2n) is 3.93. The fourth-order valence-electron chi connectivity index (χ4n) is 1.87. The van der Waals surface area contributed by atoms with Crippen LogP contribution in [0.5, 0.6) is 0 Å². The van der Waals surface area contributed by atoms with Gasteiger partial charge in [0.2, 0.25) is 5.91 Å². The van der Waals surface area contributed by atoms with Crippen molar-refractivity contribution in [3.63, 3.8) is 0 Å². The Hall–Kier alpha value is -1.10. The summed E-state index contributed by atoms with van der Waals surface area (Å²) in [5.74, 6) is -0.101. The maximum Gasteiger partial charge on any atom is 0.227 e. The number of hydrogen-bond acceptors (Lipinski definition) is 2. The van der Waals surface area contributed by atoms with Crippen molar-refractivity contribution < 1.29 is 9.18 Å². The number of benzene rings is 1. The van der Waals surface area contributed by atoms with Gasteiger partial charge in [-0.05, 0) is 24.1 Å². The number of hydrogen-bond donors (Lipinski definition) is 1. The van der Waals surface area contributed by atoms with Crippen LogP contribution in [0.3, 0.4) is 0 Å². The molecule has 86 valence electrons. The van der Waals surface area contributed by atoms with Crippen LogP contribution in [0.2, 0.25) is 0 Å².